The molecule has 13 heavy (non-hydrogen) atoms. The van der Waals surface area contributed by atoms with Crippen LogP contribution in [0.15, 0.2) is 0 Å². The lowest BCUT2D eigenvalue weighted by Crippen LogP contribution is -2.32. The van der Waals surface area contributed by atoms with Crippen molar-refractivity contribution in [2.75, 3.05) is 13.1 Å². The summed E-state index contributed by atoms with van der Waals surface area (Å²) < 4.78 is 0. The van der Waals surface area contributed by atoms with Gasteiger partial charge in [-0.25, -0.2) is 4.79 Å². The minimum Gasteiger partial charge on any atom is -0.392 e. The van der Waals surface area contributed by atoms with Crippen molar-refractivity contribution in [3.63, 3.8) is 0 Å². The molecule has 0 saturated carbocycles. The molecule has 1 aliphatic rings. The van der Waals surface area contributed by atoms with Crippen LogP contribution in [0.3, 0.4) is 0 Å². The first-order valence-corrected chi connectivity index (χ1v) is 4.55. The summed E-state index contributed by atoms with van der Waals surface area (Å²) in [5.41, 5.74) is -0.479. The van der Waals surface area contributed by atoms with Gasteiger partial charge in [0.1, 0.15) is 0 Å². The highest BCUT2D eigenvalue weighted by atomic mass is 16.7. The third-order valence-corrected chi connectivity index (χ3v) is 1.95. The van der Waals surface area contributed by atoms with Crippen molar-refractivity contribution in [1.29, 1.82) is 0 Å². The number of hydrogen-bond donors (Lipinski definition) is 1. The smallest absolute Gasteiger partial charge is 0.330 e. The molecule has 0 aliphatic carbocycles. The zero-order valence-electron chi connectivity index (χ0n) is 8.41. The molecule has 1 saturated heterocycles. The van der Waals surface area contributed by atoms with Gasteiger partial charge in [0.05, 0.1) is 18.1 Å². The average Bonchev–Trinajstić information content (AvgIpc) is 2.33. The van der Waals surface area contributed by atoms with Crippen molar-refractivity contribution in [3.8, 4) is 0 Å². The highest BCUT2D eigenvalue weighted by Crippen LogP contribution is 2.18. The van der Waals surface area contributed by atoms with E-state index in [1.807, 2.05) is 20.8 Å². The van der Waals surface area contributed by atoms with Gasteiger partial charge >= 0.3 is 5.97 Å². The molecule has 0 radical (unpaired) electrons. The summed E-state index contributed by atoms with van der Waals surface area (Å²) in [4.78, 5) is 16.5. The molecule has 1 atom stereocenters. The van der Waals surface area contributed by atoms with Gasteiger partial charge in [-0.3, -0.25) is 0 Å². The Hall–Kier alpha value is -0.610. The molecule has 1 unspecified atom stereocenters. The van der Waals surface area contributed by atoms with Crippen LogP contribution in [0.1, 0.15) is 27.2 Å². The highest BCUT2D eigenvalue weighted by molar-refractivity contribution is 5.75. The van der Waals surface area contributed by atoms with Crippen molar-refractivity contribution >= 4 is 5.97 Å². The first kappa shape index (κ1) is 10.5. The molecule has 1 heterocycles. The summed E-state index contributed by atoms with van der Waals surface area (Å²) in [7, 11) is 0. The van der Waals surface area contributed by atoms with Crippen molar-refractivity contribution in [2.45, 2.75) is 33.3 Å². The Morgan fingerprint density at radius 3 is 2.54 bits per heavy atom. The third kappa shape index (κ3) is 2.97. The fourth-order valence-electron chi connectivity index (χ4n) is 1.05. The first-order chi connectivity index (χ1) is 5.89. The Kier molecular flexibility index (Phi) is 2.93. The van der Waals surface area contributed by atoms with Gasteiger partial charge in [-0.05, 0) is 27.2 Å². The number of hydrogen-bond acceptors (Lipinski definition) is 4. The monoisotopic (exact) mass is 187 g/mol. The summed E-state index contributed by atoms with van der Waals surface area (Å²) in [6.45, 7) is 6.48. The molecule has 1 N–H and O–H groups in total. The second kappa shape index (κ2) is 3.64. The molecule has 1 aliphatic heterocycles. The summed E-state index contributed by atoms with van der Waals surface area (Å²) in [5, 5.41) is 10.7. The molecular formula is C9H17NO3. The SMILES string of the molecule is CC(C)(C)C(=O)ON1CCC(O)C1. The topological polar surface area (TPSA) is 49.8 Å². The van der Waals surface area contributed by atoms with E-state index in [1.54, 1.807) is 0 Å². The zero-order chi connectivity index (χ0) is 10.1. The number of nitrogens with zero attached hydrogens (tertiary/aromatic N) is 1. The van der Waals surface area contributed by atoms with Crippen LogP contribution in [-0.4, -0.2) is 35.3 Å². The van der Waals surface area contributed by atoms with Gasteiger partial charge in [-0.15, -0.1) is 5.06 Å². The van der Waals surface area contributed by atoms with Crippen LogP contribution >= 0.6 is 0 Å². The number of rotatable bonds is 1. The third-order valence-electron chi connectivity index (χ3n) is 1.95. The number of hydroxylamine groups is 2. The summed E-state index contributed by atoms with van der Waals surface area (Å²) in [6, 6.07) is 0. The van der Waals surface area contributed by atoms with Gasteiger partial charge in [-0.1, -0.05) is 0 Å². The van der Waals surface area contributed by atoms with Crippen LogP contribution in [0.25, 0.3) is 0 Å². The van der Waals surface area contributed by atoms with E-state index in [9.17, 15) is 9.90 Å². The lowest BCUT2D eigenvalue weighted by molar-refractivity contribution is -0.196. The van der Waals surface area contributed by atoms with E-state index in [-0.39, 0.29) is 12.1 Å². The maximum atomic E-state index is 11.4. The maximum absolute atomic E-state index is 11.4. The van der Waals surface area contributed by atoms with Crippen molar-refractivity contribution in [2.24, 2.45) is 5.41 Å². The van der Waals surface area contributed by atoms with E-state index >= 15 is 0 Å². The first-order valence-electron chi connectivity index (χ1n) is 4.55. The summed E-state index contributed by atoms with van der Waals surface area (Å²) >= 11 is 0. The number of aliphatic hydroxyl groups is 1. The molecule has 0 bridgehead atoms. The predicted molar refractivity (Wildman–Crippen MR) is 47.7 cm³/mol. The largest absolute Gasteiger partial charge is 0.392 e. The second-order valence-corrected chi connectivity index (χ2v) is 4.46. The number of carbonyl (C=O) groups excluding carboxylic acids is 1. The lowest BCUT2D eigenvalue weighted by Gasteiger charge is -2.21. The van der Waals surface area contributed by atoms with Crippen molar-refractivity contribution in [1.82, 2.24) is 5.06 Å². The Morgan fingerprint density at radius 2 is 2.15 bits per heavy atom. The Morgan fingerprint density at radius 1 is 1.54 bits per heavy atom. The van der Waals surface area contributed by atoms with Gasteiger partial charge in [0.15, 0.2) is 0 Å². The standard InChI is InChI=1S/C9H17NO3/c1-9(2,3)8(12)13-10-5-4-7(11)6-10/h7,11H,4-6H2,1-3H3. The lowest BCUT2D eigenvalue weighted by atomic mass is 9.98. The molecular weight excluding hydrogens is 170 g/mol. The van der Waals surface area contributed by atoms with E-state index in [4.69, 9.17) is 4.84 Å². The van der Waals surface area contributed by atoms with E-state index in [2.05, 4.69) is 0 Å². The molecule has 0 spiro atoms. The van der Waals surface area contributed by atoms with Gasteiger partial charge in [0, 0.05) is 6.54 Å². The fourth-order valence-corrected chi connectivity index (χ4v) is 1.05. The van der Waals surface area contributed by atoms with E-state index in [1.165, 1.54) is 5.06 Å². The average molecular weight is 187 g/mol. The van der Waals surface area contributed by atoms with Crippen LogP contribution in [0.4, 0.5) is 0 Å². The van der Waals surface area contributed by atoms with Crippen molar-refractivity contribution in [3.05, 3.63) is 0 Å². The molecule has 0 amide bonds. The minimum atomic E-state index is -0.479. The van der Waals surface area contributed by atoms with Gasteiger partial charge < -0.3 is 9.94 Å². The molecule has 0 aromatic carbocycles. The summed E-state index contributed by atoms with van der Waals surface area (Å²) in [6.07, 6.45) is 0.324. The minimum absolute atomic E-state index is 0.249. The molecule has 0 aromatic rings. The zero-order valence-corrected chi connectivity index (χ0v) is 8.41. The van der Waals surface area contributed by atoms with Gasteiger partial charge in [-0.2, -0.15) is 0 Å². The normalized spacial score (nSPS) is 24.8. The van der Waals surface area contributed by atoms with E-state index in [0.29, 0.717) is 19.5 Å². The van der Waals surface area contributed by atoms with Gasteiger partial charge in [0.25, 0.3) is 0 Å². The maximum Gasteiger partial charge on any atom is 0.330 e. The Balaban J connectivity index is 2.37. The Labute approximate surface area is 78.4 Å². The van der Waals surface area contributed by atoms with Crippen LogP contribution in [0.5, 0.6) is 0 Å². The Bertz CT molecular complexity index is 198. The molecule has 0 aromatic heterocycles. The number of β-amino-alcohol motifs (C(OH)–C–C–N with tert-alkyl or cyclic N) is 1. The second-order valence-electron chi connectivity index (χ2n) is 4.46. The molecule has 76 valence electrons. The molecule has 1 fully saturated rings. The van der Waals surface area contributed by atoms with Crippen LogP contribution in [0, 0.1) is 5.41 Å². The van der Waals surface area contributed by atoms with Gasteiger partial charge in [0.2, 0.25) is 0 Å². The predicted octanol–water partition coefficient (Wildman–Crippen LogP) is 0.557. The quantitative estimate of drug-likeness (QED) is 0.651. The molecule has 1 rings (SSSR count). The van der Waals surface area contributed by atoms with E-state index < -0.39 is 5.41 Å². The number of carbonyl (C=O) groups is 1. The van der Waals surface area contributed by atoms with Crippen LogP contribution in [-0.2, 0) is 9.63 Å². The fraction of sp³-hybridized carbons (Fsp3) is 0.889. The number of aliphatic hydroxyl groups excluding tert-OH is 1. The highest BCUT2D eigenvalue weighted by Gasteiger charge is 2.29. The van der Waals surface area contributed by atoms with Crippen molar-refractivity contribution < 1.29 is 14.7 Å². The molecule has 4 heteroatoms. The van der Waals surface area contributed by atoms with Crippen LogP contribution < -0.4 is 0 Å². The summed E-state index contributed by atoms with van der Waals surface area (Å²) in [5.74, 6) is -0.249. The molecule has 4 nitrogen and oxygen atoms in total. The van der Waals surface area contributed by atoms with E-state index in [0.717, 1.165) is 0 Å². The van der Waals surface area contributed by atoms with Crippen LogP contribution in [0.2, 0.25) is 0 Å².